The maximum atomic E-state index is 12.5. The van der Waals surface area contributed by atoms with E-state index in [-0.39, 0.29) is 24.3 Å². The molecule has 268 valence electrons. The van der Waals surface area contributed by atoms with E-state index in [9.17, 15) is 19.2 Å². The molecule has 0 spiro atoms. The van der Waals surface area contributed by atoms with Gasteiger partial charge in [0, 0.05) is 45.6 Å². The lowest BCUT2D eigenvalue weighted by molar-refractivity contribution is -0.123. The van der Waals surface area contributed by atoms with Crippen LogP contribution in [0.4, 0.5) is 9.59 Å². The summed E-state index contributed by atoms with van der Waals surface area (Å²) in [6, 6.07) is 0.0427. The highest BCUT2D eigenvalue weighted by Gasteiger charge is 2.32. The van der Waals surface area contributed by atoms with Crippen molar-refractivity contribution in [2.75, 3.05) is 39.3 Å². The highest BCUT2D eigenvalue weighted by atomic mass is 16.6. The Morgan fingerprint density at radius 1 is 0.681 bits per heavy atom. The molecule has 4 aliphatic heterocycles. The number of nitrogens with zero attached hydrogens (tertiary/aromatic N) is 2. The van der Waals surface area contributed by atoms with E-state index < -0.39 is 11.2 Å². The zero-order valence-electron chi connectivity index (χ0n) is 30.5. The predicted octanol–water partition coefficient (Wildman–Crippen LogP) is 6.27. The van der Waals surface area contributed by atoms with Gasteiger partial charge in [-0.25, -0.2) is 9.59 Å². The van der Waals surface area contributed by atoms with Crippen LogP contribution in [0, 0.1) is 17.8 Å². The Morgan fingerprint density at radius 3 is 1.47 bits per heavy atom. The molecular weight excluding hydrogens is 596 g/mol. The number of carbonyl (C=O) groups is 4. The van der Waals surface area contributed by atoms with Crippen LogP contribution in [-0.4, -0.2) is 96.1 Å². The van der Waals surface area contributed by atoms with Crippen LogP contribution >= 0.6 is 0 Å². The monoisotopic (exact) mass is 660 g/mol. The van der Waals surface area contributed by atoms with E-state index in [0.717, 1.165) is 70.4 Å². The number of Topliss-reactive ketones (excluding diaryl/α,β-unsaturated/α-hetero) is 2. The van der Waals surface area contributed by atoms with Crippen molar-refractivity contribution in [3.8, 4) is 0 Å². The van der Waals surface area contributed by atoms with Gasteiger partial charge in [-0.05, 0) is 117 Å². The van der Waals surface area contributed by atoms with E-state index in [4.69, 9.17) is 9.47 Å². The Kier molecular flexibility index (Phi) is 14.8. The summed E-state index contributed by atoms with van der Waals surface area (Å²) < 4.78 is 10.8. The smallest absolute Gasteiger partial charge is 0.410 e. The van der Waals surface area contributed by atoms with Gasteiger partial charge < -0.3 is 29.9 Å². The molecule has 10 nitrogen and oxygen atoms in total. The Hall–Kier alpha value is -2.46. The summed E-state index contributed by atoms with van der Waals surface area (Å²) in [4.78, 5) is 52.5. The van der Waals surface area contributed by atoms with Gasteiger partial charge in [0.05, 0.1) is 12.1 Å². The molecule has 0 radical (unpaired) electrons. The standard InChI is InChI=1S/C19H34N2O3.C18H30N2O3/c1-5-14-6-7-16(20-13-14)17(22)12-15-8-10-21(11-9-15)18(23)24-19(2,3)4;1-13-5-6-15(19-12-13)16(21)11-14-7-9-20(10-8-14)17(22)23-18(2,3)4/h14-16,20H,5-13H2,1-4H3;14-15,19H,1,5-12H2,2-4H3/t14-,16+;15-/m10/s1. The molecule has 47 heavy (non-hydrogen) atoms. The largest absolute Gasteiger partial charge is 0.444 e. The van der Waals surface area contributed by atoms with Gasteiger partial charge in [-0.1, -0.05) is 25.5 Å². The summed E-state index contributed by atoms with van der Waals surface area (Å²) in [6.45, 7) is 21.9. The number of nitrogens with one attached hydrogen (secondary N) is 2. The summed E-state index contributed by atoms with van der Waals surface area (Å²) in [7, 11) is 0. The fraction of sp³-hybridized carbons (Fsp3) is 0.838. The Bertz CT molecular complexity index is 1050. The molecular formula is C37H64N4O6. The average molecular weight is 661 g/mol. The molecule has 4 fully saturated rings. The number of rotatable bonds is 7. The number of likely N-dealkylation sites (tertiary alicyclic amines) is 2. The van der Waals surface area contributed by atoms with Gasteiger partial charge in [0.25, 0.3) is 0 Å². The molecule has 0 aromatic heterocycles. The van der Waals surface area contributed by atoms with Crippen molar-refractivity contribution in [2.45, 2.75) is 142 Å². The molecule has 4 rings (SSSR count). The first-order valence-electron chi connectivity index (χ1n) is 18.2. The summed E-state index contributed by atoms with van der Waals surface area (Å²) in [5.41, 5.74) is 0.271. The van der Waals surface area contributed by atoms with Gasteiger partial charge in [0.1, 0.15) is 22.8 Å². The van der Waals surface area contributed by atoms with Crippen molar-refractivity contribution in [1.29, 1.82) is 0 Å². The third-order valence-corrected chi connectivity index (χ3v) is 9.77. The lowest BCUT2D eigenvalue weighted by Crippen LogP contribution is -2.45. The van der Waals surface area contributed by atoms with Gasteiger partial charge in [0.2, 0.25) is 0 Å². The molecule has 2 amide bonds. The average Bonchev–Trinajstić information content (AvgIpc) is 3.00. The van der Waals surface area contributed by atoms with Crippen molar-refractivity contribution in [1.82, 2.24) is 20.4 Å². The number of hydrogen-bond acceptors (Lipinski definition) is 8. The second kappa shape index (κ2) is 17.8. The van der Waals surface area contributed by atoms with Crippen LogP contribution in [0.2, 0.25) is 0 Å². The van der Waals surface area contributed by atoms with Crippen molar-refractivity contribution in [3.05, 3.63) is 12.2 Å². The number of carbonyl (C=O) groups excluding carboxylic acids is 4. The lowest BCUT2D eigenvalue weighted by atomic mass is 9.86. The number of amides is 2. The first kappa shape index (κ1) is 39.0. The minimum Gasteiger partial charge on any atom is -0.444 e. The number of ether oxygens (including phenoxy) is 2. The van der Waals surface area contributed by atoms with E-state index in [1.165, 1.54) is 12.0 Å². The topological polar surface area (TPSA) is 117 Å². The van der Waals surface area contributed by atoms with Gasteiger partial charge in [-0.2, -0.15) is 0 Å². The molecule has 0 saturated carbocycles. The van der Waals surface area contributed by atoms with Crippen LogP contribution in [0.1, 0.15) is 119 Å². The second-order valence-electron chi connectivity index (χ2n) is 16.2. The quantitative estimate of drug-likeness (QED) is 0.307. The van der Waals surface area contributed by atoms with Gasteiger partial charge >= 0.3 is 12.2 Å². The predicted molar refractivity (Wildman–Crippen MR) is 185 cm³/mol. The third kappa shape index (κ3) is 13.9. The maximum absolute atomic E-state index is 12.5. The van der Waals surface area contributed by atoms with E-state index in [1.807, 2.05) is 41.5 Å². The number of piperidine rings is 4. The summed E-state index contributed by atoms with van der Waals surface area (Å²) in [5, 5.41) is 6.71. The van der Waals surface area contributed by atoms with Crippen LogP contribution in [-0.2, 0) is 19.1 Å². The van der Waals surface area contributed by atoms with Crippen molar-refractivity contribution < 1.29 is 28.7 Å². The SMILES string of the molecule is C=C1CC[C@@H](C(=O)CC2CCN(C(=O)OC(C)(C)C)CC2)NC1.CC[C@@H]1CC[C@@H](C(=O)CC2CCN(C(=O)OC(C)(C)C)CC2)NC1. The van der Waals surface area contributed by atoms with Crippen LogP contribution < -0.4 is 10.6 Å². The van der Waals surface area contributed by atoms with Crippen molar-refractivity contribution >= 4 is 23.8 Å². The first-order valence-corrected chi connectivity index (χ1v) is 18.2. The van der Waals surface area contributed by atoms with E-state index >= 15 is 0 Å². The minimum atomic E-state index is -0.458. The van der Waals surface area contributed by atoms with Gasteiger partial charge in [-0.3, -0.25) is 9.59 Å². The third-order valence-electron chi connectivity index (χ3n) is 9.77. The van der Waals surface area contributed by atoms with E-state index in [1.54, 1.807) is 9.80 Å². The molecule has 4 aliphatic rings. The van der Waals surface area contributed by atoms with Crippen LogP contribution in [0.15, 0.2) is 12.2 Å². The zero-order valence-corrected chi connectivity index (χ0v) is 30.5. The molecule has 0 aromatic carbocycles. The first-order chi connectivity index (χ1) is 22.0. The molecule has 0 bridgehead atoms. The Morgan fingerprint density at radius 2 is 1.13 bits per heavy atom. The molecule has 2 N–H and O–H groups in total. The van der Waals surface area contributed by atoms with Crippen LogP contribution in [0.5, 0.6) is 0 Å². The fourth-order valence-electron chi connectivity index (χ4n) is 6.77. The molecule has 0 unspecified atom stereocenters. The summed E-state index contributed by atoms with van der Waals surface area (Å²) in [6.07, 6.45) is 9.50. The van der Waals surface area contributed by atoms with Crippen LogP contribution in [0.25, 0.3) is 0 Å². The molecule has 0 aliphatic carbocycles. The highest BCUT2D eigenvalue weighted by Crippen LogP contribution is 2.26. The zero-order chi connectivity index (χ0) is 34.8. The fourth-order valence-corrected chi connectivity index (χ4v) is 6.77. The molecule has 4 saturated heterocycles. The van der Waals surface area contributed by atoms with E-state index in [2.05, 4.69) is 24.1 Å². The second-order valence-corrected chi connectivity index (χ2v) is 16.2. The molecule has 0 aromatic rings. The Labute approximate surface area is 284 Å². The highest BCUT2D eigenvalue weighted by molar-refractivity contribution is 5.85. The normalized spacial score (nSPS) is 25.0. The number of ketones is 2. The summed E-state index contributed by atoms with van der Waals surface area (Å²) in [5.74, 6) is 2.19. The van der Waals surface area contributed by atoms with Crippen molar-refractivity contribution in [2.24, 2.45) is 17.8 Å². The molecule has 10 heteroatoms. The maximum Gasteiger partial charge on any atom is 0.410 e. The van der Waals surface area contributed by atoms with Crippen LogP contribution in [0.3, 0.4) is 0 Å². The lowest BCUT2D eigenvalue weighted by Gasteiger charge is -2.34. The minimum absolute atomic E-state index is 0.00983. The molecule has 4 heterocycles. The van der Waals surface area contributed by atoms with Gasteiger partial charge in [-0.15, -0.1) is 0 Å². The van der Waals surface area contributed by atoms with Gasteiger partial charge in [0.15, 0.2) is 0 Å². The number of hydrogen-bond donors (Lipinski definition) is 2. The Balaban J connectivity index is 0.000000256. The molecule has 3 atom stereocenters. The summed E-state index contributed by atoms with van der Waals surface area (Å²) >= 11 is 0. The van der Waals surface area contributed by atoms with Crippen molar-refractivity contribution in [3.63, 3.8) is 0 Å². The van der Waals surface area contributed by atoms with E-state index in [0.29, 0.717) is 62.4 Å².